The largest absolute Gasteiger partial charge is 0.489 e. The van der Waals surface area contributed by atoms with E-state index < -0.39 is 5.97 Å². The summed E-state index contributed by atoms with van der Waals surface area (Å²) in [4.78, 5) is 12.8. The van der Waals surface area contributed by atoms with Gasteiger partial charge in [-0.2, -0.15) is 0 Å². The fourth-order valence-corrected chi connectivity index (χ4v) is 5.66. The monoisotopic (exact) mass is 567 g/mol. The second-order valence-electron chi connectivity index (χ2n) is 9.71. The Morgan fingerprint density at radius 1 is 0.921 bits per heavy atom. The summed E-state index contributed by atoms with van der Waals surface area (Å²) < 4.78 is 17.4. The summed E-state index contributed by atoms with van der Waals surface area (Å²) in [5.74, 6) is 1.45. The van der Waals surface area contributed by atoms with Gasteiger partial charge in [-0.05, 0) is 86.1 Å². The lowest BCUT2D eigenvalue weighted by Gasteiger charge is -2.16. The molecular weight excluding hydrogens is 545 g/mol. The van der Waals surface area contributed by atoms with E-state index in [1.165, 1.54) is 17.5 Å². The Morgan fingerprint density at radius 3 is 2.42 bits per heavy atom. The van der Waals surface area contributed by atoms with Crippen LogP contribution in [0, 0.1) is 0 Å². The minimum absolute atomic E-state index is 0.191. The number of fused-ring (bicyclic) bond motifs is 1. The highest BCUT2D eigenvalue weighted by Gasteiger charge is 2.33. The molecule has 4 aromatic rings. The van der Waals surface area contributed by atoms with Gasteiger partial charge in [-0.15, -0.1) is 0 Å². The van der Waals surface area contributed by atoms with Crippen molar-refractivity contribution in [2.24, 2.45) is 0 Å². The second kappa shape index (κ2) is 10.6. The summed E-state index contributed by atoms with van der Waals surface area (Å²) in [5, 5.41) is 5.54. The first kappa shape index (κ1) is 25.3. The third-order valence-electron chi connectivity index (χ3n) is 7.04. The Labute approximate surface area is 235 Å². The minimum atomic E-state index is -0.436. The molecule has 1 fully saturated rings. The van der Waals surface area contributed by atoms with Gasteiger partial charge in [0.05, 0.1) is 26.2 Å². The fraction of sp³-hybridized carbons (Fsp3) is 0.267. The van der Waals surface area contributed by atoms with E-state index in [9.17, 15) is 4.79 Å². The number of carbonyl (C=O) groups excluding carboxylic acids is 1. The van der Waals surface area contributed by atoms with Gasteiger partial charge in [0.15, 0.2) is 0 Å². The highest BCUT2D eigenvalue weighted by atomic mass is 35.5. The Morgan fingerprint density at radius 2 is 1.68 bits per heavy atom. The van der Waals surface area contributed by atoms with Crippen molar-refractivity contribution >= 4 is 40.8 Å². The molecule has 0 N–H and O–H groups in total. The van der Waals surface area contributed by atoms with Gasteiger partial charge in [0.2, 0.25) is 0 Å². The molecule has 2 aliphatic rings. The minimum Gasteiger partial charge on any atom is -0.489 e. The summed E-state index contributed by atoms with van der Waals surface area (Å²) in [6, 6.07) is 16.1. The number of halogens is 3. The molecule has 6 rings (SSSR count). The molecular formula is C30H24Cl3NO4. The van der Waals surface area contributed by atoms with Crippen molar-refractivity contribution in [3.63, 3.8) is 0 Å². The van der Waals surface area contributed by atoms with Crippen molar-refractivity contribution in [3.8, 4) is 22.8 Å². The Kier molecular flexibility index (Phi) is 7.08. The van der Waals surface area contributed by atoms with Crippen LogP contribution in [0.2, 0.25) is 15.1 Å². The number of aromatic nitrogens is 1. The Bertz CT molecular complexity index is 1510. The summed E-state index contributed by atoms with van der Waals surface area (Å²) >= 11 is 19.4. The summed E-state index contributed by atoms with van der Waals surface area (Å²) in [6.07, 6.45) is 6.45. The number of hydrogen-bond acceptors (Lipinski definition) is 5. The van der Waals surface area contributed by atoms with Crippen molar-refractivity contribution in [3.05, 3.63) is 97.7 Å². The highest BCUT2D eigenvalue weighted by Crippen LogP contribution is 2.46. The number of ether oxygens (including phenoxy) is 2. The SMILES string of the molecule is O=C(Oc1ccc(OCc2c(-c3c(Cl)cccc3Cl)noc2C2CC2)cc1Cl)c1ccc2c(c1)CCCC2. The highest BCUT2D eigenvalue weighted by molar-refractivity contribution is 6.39. The van der Waals surface area contributed by atoms with E-state index in [1.54, 1.807) is 36.4 Å². The molecule has 0 saturated heterocycles. The first-order valence-electron chi connectivity index (χ1n) is 12.7. The number of nitrogens with zero attached hydrogens (tertiary/aromatic N) is 1. The molecule has 0 amide bonds. The second-order valence-corrected chi connectivity index (χ2v) is 10.9. The molecule has 0 atom stereocenters. The van der Waals surface area contributed by atoms with E-state index >= 15 is 0 Å². The van der Waals surface area contributed by atoms with Crippen LogP contribution in [0.1, 0.15) is 64.4 Å². The van der Waals surface area contributed by atoms with Gasteiger partial charge in [-0.1, -0.05) is 52.1 Å². The molecule has 0 bridgehead atoms. The predicted molar refractivity (Wildman–Crippen MR) is 148 cm³/mol. The van der Waals surface area contributed by atoms with Crippen LogP contribution >= 0.6 is 34.8 Å². The number of aryl methyl sites for hydroxylation is 2. The molecule has 194 valence electrons. The zero-order valence-corrected chi connectivity index (χ0v) is 22.7. The van der Waals surface area contributed by atoms with Crippen LogP contribution in [0.25, 0.3) is 11.3 Å². The van der Waals surface area contributed by atoms with Crippen LogP contribution in [0.5, 0.6) is 11.5 Å². The van der Waals surface area contributed by atoms with E-state index in [2.05, 4.69) is 5.16 Å². The van der Waals surface area contributed by atoms with Gasteiger partial charge in [-0.25, -0.2) is 4.79 Å². The third kappa shape index (κ3) is 5.15. The van der Waals surface area contributed by atoms with Gasteiger partial charge in [0.1, 0.15) is 29.6 Å². The molecule has 0 spiro atoms. The van der Waals surface area contributed by atoms with Crippen LogP contribution in [0.15, 0.2) is 59.1 Å². The lowest BCUT2D eigenvalue weighted by atomic mass is 9.90. The molecule has 0 unspecified atom stereocenters. The molecule has 0 radical (unpaired) electrons. The maximum Gasteiger partial charge on any atom is 0.343 e. The quantitative estimate of drug-likeness (QED) is 0.165. The number of esters is 1. The number of hydrogen-bond donors (Lipinski definition) is 0. The standard InChI is InChI=1S/C30H24Cl3NO4/c31-23-6-3-7-24(32)27(23)28-22(29(38-34-28)18-9-10-18)16-36-21-12-13-26(25(33)15-21)37-30(35)20-11-8-17-4-1-2-5-19(17)14-20/h3,6-8,11-15,18H,1-2,4-5,9-10,16H2. The first-order chi connectivity index (χ1) is 18.5. The van der Waals surface area contributed by atoms with Crippen molar-refractivity contribution in [1.82, 2.24) is 5.16 Å². The zero-order chi connectivity index (χ0) is 26.2. The molecule has 38 heavy (non-hydrogen) atoms. The average molecular weight is 569 g/mol. The zero-order valence-electron chi connectivity index (χ0n) is 20.4. The van der Waals surface area contributed by atoms with E-state index in [4.69, 9.17) is 48.8 Å². The van der Waals surface area contributed by atoms with E-state index in [0.29, 0.717) is 38.5 Å². The number of benzene rings is 3. The Hall–Kier alpha value is -2.99. The van der Waals surface area contributed by atoms with Gasteiger partial charge in [0, 0.05) is 17.5 Å². The predicted octanol–water partition coefficient (Wildman–Crippen LogP) is 8.86. The van der Waals surface area contributed by atoms with E-state index in [-0.39, 0.29) is 17.4 Å². The lowest BCUT2D eigenvalue weighted by Crippen LogP contribution is -2.11. The lowest BCUT2D eigenvalue weighted by molar-refractivity contribution is 0.0734. The van der Waals surface area contributed by atoms with Gasteiger partial charge < -0.3 is 14.0 Å². The molecule has 1 aromatic heterocycles. The molecule has 8 heteroatoms. The van der Waals surface area contributed by atoms with Crippen LogP contribution in [0.3, 0.4) is 0 Å². The number of carbonyl (C=O) groups is 1. The van der Waals surface area contributed by atoms with Crippen LogP contribution in [-0.4, -0.2) is 11.1 Å². The molecule has 1 saturated carbocycles. The molecule has 5 nitrogen and oxygen atoms in total. The maximum absolute atomic E-state index is 12.8. The van der Waals surface area contributed by atoms with E-state index in [0.717, 1.165) is 43.4 Å². The summed E-state index contributed by atoms with van der Waals surface area (Å²) in [6.45, 7) is 0.191. The summed E-state index contributed by atoms with van der Waals surface area (Å²) in [7, 11) is 0. The topological polar surface area (TPSA) is 61.6 Å². The van der Waals surface area contributed by atoms with Gasteiger partial charge >= 0.3 is 5.97 Å². The number of rotatable bonds is 7. The Balaban J connectivity index is 1.19. The van der Waals surface area contributed by atoms with Gasteiger partial charge in [0.25, 0.3) is 0 Å². The van der Waals surface area contributed by atoms with Crippen molar-refractivity contribution in [2.75, 3.05) is 0 Å². The summed E-state index contributed by atoms with van der Waals surface area (Å²) in [5.41, 5.74) is 5.05. The van der Waals surface area contributed by atoms with Gasteiger partial charge in [-0.3, -0.25) is 0 Å². The maximum atomic E-state index is 12.8. The molecule has 2 aliphatic carbocycles. The molecule has 0 aliphatic heterocycles. The van der Waals surface area contributed by atoms with Crippen molar-refractivity contribution in [2.45, 2.75) is 51.0 Å². The van der Waals surface area contributed by atoms with Crippen molar-refractivity contribution in [1.29, 1.82) is 0 Å². The van der Waals surface area contributed by atoms with E-state index in [1.807, 2.05) is 18.2 Å². The normalized spacial score (nSPS) is 14.7. The fourth-order valence-electron chi connectivity index (χ4n) is 4.88. The van der Waals surface area contributed by atoms with Crippen LogP contribution in [-0.2, 0) is 19.4 Å². The van der Waals surface area contributed by atoms with Crippen LogP contribution < -0.4 is 9.47 Å². The van der Waals surface area contributed by atoms with Crippen LogP contribution in [0.4, 0.5) is 0 Å². The smallest absolute Gasteiger partial charge is 0.343 e. The average Bonchev–Trinajstić information content (AvgIpc) is 3.68. The van der Waals surface area contributed by atoms with Crippen molar-refractivity contribution < 1.29 is 18.8 Å². The first-order valence-corrected chi connectivity index (χ1v) is 13.8. The molecule has 1 heterocycles. The third-order valence-corrected chi connectivity index (χ3v) is 7.96. The molecule has 3 aromatic carbocycles.